The molecule has 9 rings (SSSR count). The molecule has 0 spiro atoms. The van der Waals surface area contributed by atoms with Gasteiger partial charge < -0.3 is 9.97 Å². The first-order valence-corrected chi connectivity index (χ1v) is 18.8. The zero-order valence-electron chi connectivity index (χ0n) is 30.6. The van der Waals surface area contributed by atoms with Crippen LogP contribution >= 0.6 is 0 Å². The molecule has 4 aromatic carbocycles. The number of fused-ring (bicyclic) bond motifs is 8. The standard InChI is InChI=1S/C48H37N5O2.Cu/c1-2-3-24-35-46-44(33-20-12-6-13-21-33)40-29-27-38(50-40)42(31-16-8-4-9-17-31)36-25-26-37(49-36)43(32-18-10-5-11-19-32)39-28-30-41(51-39)45(34-22-14-7-15-23-34)47(52-46)48(35)53(54)55;/h4-23,25-30,35,48H,2-3,24H2,1H3;/q-2;+2. The molecule has 2 aliphatic heterocycles. The quantitative estimate of drug-likeness (QED) is 0.0865. The van der Waals surface area contributed by atoms with Gasteiger partial charge in [-0.05, 0) is 63.1 Å². The van der Waals surface area contributed by atoms with Crippen LogP contribution in [0.3, 0.4) is 0 Å². The van der Waals surface area contributed by atoms with Crippen LogP contribution in [0.2, 0.25) is 0 Å². The van der Waals surface area contributed by atoms with E-state index >= 15 is 0 Å². The van der Waals surface area contributed by atoms with E-state index in [1.807, 2.05) is 127 Å². The smallest absolute Gasteiger partial charge is 0.657 e. The van der Waals surface area contributed by atoms with E-state index in [1.165, 1.54) is 0 Å². The van der Waals surface area contributed by atoms with E-state index in [4.69, 9.17) is 19.9 Å². The third-order valence-electron chi connectivity index (χ3n) is 10.6. The summed E-state index contributed by atoms with van der Waals surface area (Å²) in [5, 5.41) is 13.5. The van der Waals surface area contributed by atoms with Crippen molar-refractivity contribution in [2.75, 3.05) is 0 Å². The second-order valence-electron chi connectivity index (χ2n) is 14.0. The molecule has 8 heteroatoms. The van der Waals surface area contributed by atoms with E-state index in [2.05, 4.69) is 37.3 Å². The number of aromatic nitrogens is 4. The minimum Gasteiger partial charge on any atom is -0.657 e. The number of rotatable bonds is 8. The minimum atomic E-state index is -1.09. The molecule has 0 saturated carbocycles. The number of benzene rings is 4. The Kier molecular flexibility index (Phi) is 10.3. The number of nitrogens with zero attached hydrogens (tertiary/aromatic N) is 5. The number of hydrogen-bond acceptors (Lipinski definition) is 4. The molecular weight excluding hydrogens is 742 g/mol. The first-order chi connectivity index (χ1) is 27.1. The summed E-state index contributed by atoms with van der Waals surface area (Å²) in [6.07, 6.45) is 6.42. The van der Waals surface area contributed by atoms with E-state index < -0.39 is 12.0 Å². The Morgan fingerprint density at radius 3 is 1.30 bits per heavy atom. The SMILES string of the molecule is CCCCC1c2nc(c(-c3ccccc3)c3ccc([n-]3)c(-c3ccccc3)c3nc(c(-c4ccccc4)c4ccc([n-]4)c2-c2ccccc2)C=C3)C1[N+](=O)[O-].[Cu+2]. The van der Waals surface area contributed by atoms with Gasteiger partial charge in [-0.2, -0.15) is 0 Å². The van der Waals surface area contributed by atoms with Gasteiger partial charge in [-0.3, -0.25) is 10.1 Å². The molecule has 3 aromatic heterocycles. The summed E-state index contributed by atoms with van der Waals surface area (Å²) in [6, 6.07) is 47.2. The summed E-state index contributed by atoms with van der Waals surface area (Å²) in [6.45, 7) is 2.12. The zero-order valence-corrected chi connectivity index (χ0v) is 31.6. The Bertz CT molecular complexity index is 2730. The van der Waals surface area contributed by atoms with Gasteiger partial charge in [0.25, 0.3) is 6.04 Å². The summed E-state index contributed by atoms with van der Waals surface area (Å²) in [5.74, 6) is -0.493. The largest absolute Gasteiger partial charge is 2.00 e. The van der Waals surface area contributed by atoms with Gasteiger partial charge >= 0.3 is 17.1 Å². The van der Waals surface area contributed by atoms with Gasteiger partial charge in [-0.1, -0.05) is 165 Å². The maximum atomic E-state index is 13.5. The van der Waals surface area contributed by atoms with E-state index in [1.54, 1.807) is 0 Å². The van der Waals surface area contributed by atoms with Gasteiger partial charge in [0.2, 0.25) is 0 Å². The van der Waals surface area contributed by atoms with Crippen molar-refractivity contribution < 1.29 is 22.0 Å². The fraction of sp³-hybridized carbons (Fsp3) is 0.125. The molecule has 7 nitrogen and oxygen atoms in total. The monoisotopic (exact) mass is 778 g/mol. The molecule has 1 radical (unpaired) electrons. The van der Waals surface area contributed by atoms with Gasteiger partial charge in [0.05, 0.1) is 23.0 Å². The van der Waals surface area contributed by atoms with E-state index in [0.717, 1.165) is 74.2 Å². The fourth-order valence-corrected chi connectivity index (χ4v) is 8.08. The van der Waals surface area contributed by atoms with Gasteiger partial charge in [0, 0.05) is 4.92 Å². The third-order valence-corrected chi connectivity index (χ3v) is 10.6. The first-order valence-electron chi connectivity index (χ1n) is 18.8. The molecule has 277 valence electrons. The van der Waals surface area contributed by atoms with E-state index in [9.17, 15) is 10.1 Å². The van der Waals surface area contributed by atoms with Crippen molar-refractivity contribution in [3.8, 4) is 44.5 Å². The van der Waals surface area contributed by atoms with Crippen LogP contribution in [0.1, 0.15) is 60.9 Å². The topological polar surface area (TPSA) is 97.1 Å². The molecule has 0 amide bonds. The fourth-order valence-electron chi connectivity index (χ4n) is 8.08. The van der Waals surface area contributed by atoms with Crippen LogP contribution in [0.5, 0.6) is 0 Å². The molecule has 7 aromatic rings. The van der Waals surface area contributed by atoms with Crippen LogP contribution in [0.25, 0.3) is 78.7 Å². The van der Waals surface area contributed by atoms with Crippen molar-refractivity contribution in [1.82, 2.24) is 19.9 Å². The number of hydrogen-bond donors (Lipinski definition) is 0. The Balaban J connectivity index is 0.00000441. The summed E-state index contributed by atoms with van der Waals surface area (Å²) in [7, 11) is 0. The summed E-state index contributed by atoms with van der Waals surface area (Å²) >= 11 is 0. The average molecular weight is 779 g/mol. The second-order valence-corrected chi connectivity index (χ2v) is 14.0. The predicted molar refractivity (Wildman–Crippen MR) is 222 cm³/mol. The summed E-state index contributed by atoms with van der Waals surface area (Å²) < 4.78 is 0. The van der Waals surface area contributed by atoms with Crippen molar-refractivity contribution in [3.05, 3.63) is 178 Å². The minimum absolute atomic E-state index is 0. The van der Waals surface area contributed by atoms with E-state index in [-0.39, 0.29) is 22.0 Å². The molecule has 2 aliphatic rings. The van der Waals surface area contributed by atoms with E-state index in [0.29, 0.717) is 34.4 Å². The van der Waals surface area contributed by atoms with Gasteiger partial charge in [0.1, 0.15) is 5.69 Å². The second kappa shape index (κ2) is 15.8. The molecule has 8 bridgehead atoms. The summed E-state index contributed by atoms with van der Waals surface area (Å²) in [5.41, 5.74) is 12.4. The molecule has 5 heterocycles. The van der Waals surface area contributed by atoms with Crippen LogP contribution in [-0.2, 0) is 17.1 Å². The Labute approximate surface area is 335 Å². The van der Waals surface area contributed by atoms with Gasteiger partial charge in [-0.25, -0.2) is 9.97 Å². The Hall–Kier alpha value is -6.34. The predicted octanol–water partition coefficient (Wildman–Crippen LogP) is 11.7. The molecule has 0 saturated heterocycles. The van der Waals surface area contributed by atoms with Gasteiger partial charge in [0.15, 0.2) is 0 Å². The first kappa shape index (κ1) is 36.6. The maximum Gasteiger partial charge on any atom is 2.00 e. The van der Waals surface area contributed by atoms with Crippen LogP contribution in [-0.4, -0.2) is 14.9 Å². The van der Waals surface area contributed by atoms with Crippen molar-refractivity contribution >= 4 is 34.2 Å². The maximum absolute atomic E-state index is 13.5. The number of nitro groups is 1. The average Bonchev–Trinajstić information content (AvgIpc) is 4.05. The Morgan fingerprint density at radius 1 is 0.536 bits per heavy atom. The van der Waals surface area contributed by atoms with Crippen LogP contribution < -0.4 is 9.97 Å². The van der Waals surface area contributed by atoms with Crippen LogP contribution in [0, 0.1) is 10.1 Å². The van der Waals surface area contributed by atoms with Crippen LogP contribution in [0.15, 0.2) is 146 Å². The Morgan fingerprint density at radius 2 is 0.911 bits per heavy atom. The molecule has 0 fully saturated rings. The normalized spacial score (nSPS) is 14.7. The van der Waals surface area contributed by atoms with Crippen LogP contribution in [0.4, 0.5) is 0 Å². The molecule has 56 heavy (non-hydrogen) atoms. The van der Waals surface area contributed by atoms with Crippen molar-refractivity contribution in [3.63, 3.8) is 0 Å². The third kappa shape index (κ3) is 6.68. The number of unbranched alkanes of at least 4 members (excludes halogenated alkanes) is 1. The molecule has 2 unspecified atom stereocenters. The molecule has 2 atom stereocenters. The zero-order chi connectivity index (χ0) is 37.3. The molecular formula is C48H37CuN5O2. The molecule has 0 aliphatic carbocycles. The van der Waals surface area contributed by atoms with Crippen molar-refractivity contribution in [2.24, 2.45) is 0 Å². The van der Waals surface area contributed by atoms with Crippen molar-refractivity contribution in [2.45, 2.75) is 38.1 Å². The van der Waals surface area contributed by atoms with Crippen molar-refractivity contribution in [1.29, 1.82) is 0 Å². The summed E-state index contributed by atoms with van der Waals surface area (Å²) in [4.78, 5) is 34.7. The van der Waals surface area contributed by atoms with Gasteiger partial charge in [-0.15, -0.1) is 22.1 Å². The molecule has 0 N–H and O–H groups in total.